The van der Waals surface area contributed by atoms with Gasteiger partial charge in [0.15, 0.2) is 6.61 Å². The minimum atomic E-state index is -0.398. The van der Waals surface area contributed by atoms with Crippen molar-refractivity contribution in [3.05, 3.63) is 48.5 Å². The van der Waals surface area contributed by atoms with Crippen LogP contribution in [0, 0.1) is 0 Å². The number of nitrogens with zero attached hydrogens (tertiary/aromatic N) is 2. The van der Waals surface area contributed by atoms with E-state index in [2.05, 4.69) is 22.8 Å². The number of nitrogens with one attached hydrogen (secondary N) is 2. The fourth-order valence-electron chi connectivity index (χ4n) is 5.11. The van der Waals surface area contributed by atoms with Crippen molar-refractivity contribution < 1.29 is 14.3 Å². The monoisotopic (exact) mass is 448 g/mol. The molecule has 3 aliphatic rings. The Morgan fingerprint density at radius 2 is 1.79 bits per heavy atom. The predicted molar refractivity (Wildman–Crippen MR) is 130 cm³/mol. The number of likely N-dealkylation sites (tertiary alicyclic amines) is 1. The molecule has 2 fully saturated rings. The number of hydrogen-bond donors (Lipinski definition) is 2. The second kappa shape index (κ2) is 9.33. The first-order valence-corrected chi connectivity index (χ1v) is 11.9. The second-order valence-corrected chi connectivity index (χ2v) is 9.18. The van der Waals surface area contributed by atoms with Gasteiger partial charge in [-0.3, -0.25) is 9.79 Å². The fraction of sp³-hybridized carbons (Fsp3) is 0.462. The highest BCUT2D eigenvalue weighted by Crippen LogP contribution is 2.37. The number of para-hydroxylation sites is 2. The number of aliphatic imine (C=N–C) groups is 1. The van der Waals surface area contributed by atoms with Crippen molar-refractivity contribution in [3.63, 3.8) is 0 Å². The van der Waals surface area contributed by atoms with E-state index in [4.69, 9.17) is 14.5 Å². The summed E-state index contributed by atoms with van der Waals surface area (Å²) in [7, 11) is 1.63. The average molecular weight is 449 g/mol. The molecule has 2 N–H and O–H groups in total. The van der Waals surface area contributed by atoms with Gasteiger partial charge in [0.05, 0.1) is 31.1 Å². The van der Waals surface area contributed by atoms with Crippen LogP contribution in [0.1, 0.15) is 38.5 Å². The quantitative estimate of drug-likeness (QED) is 0.713. The van der Waals surface area contributed by atoms with Gasteiger partial charge in [0.2, 0.25) is 0 Å². The molecular weight excluding hydrogens is 416 g/mol. The number of carbonyl (C=O) groups is 1. The zero-order valence-corrected chi connectivity index (χ0v) is 19.2. The number of hydrogen-bond acceptors (Lipinski definition) is 5. The summed E-state index contributed by atoms with van der Waals surface area (Å²) >= 11 is 0. The molecule has 2 aliphatic heterocycles. The Kier molecular flexibility index (Phi) is 6.11. The number of fused-ring (bicyclic) bond motifs is 1. The maximum Gasteiger partial charge on any atom is 0.260 e. The molecule has 0 bridgehead atoms. The van der Waals surface area contributed by atoms with Crippen molar-refractivity contribution in [1.29, 1.82) is 0 Å². The van der Waals surface area contributed by atoms with Gasteiger partial charge < -0.3 is 25.0 Å². The van der Waals surface area contributed by atoms with Gasteiger partial charge in [-0.1, -0.05) is 25.0 Å². The first-order valence-electron chi connectivity index (χ1n) is 11.9. The molecule has 0 unspecified atom stereocenters. The van der Waals surface area contributed by atoms with Crippen LogP contribution in [0.4, 0.5) is 11.4 Å². The Balaban J connectivity index is 1.33. The molecule has 7 nitrogen and oxygen atoms in total. The molecule has 1 amide bonds. The maximum absolute atomic E-state index is 13.1. The smallest absolute Gasteiger partial charge is 0.260 e. The van der Waals surface area contributed by atoms with Crippen LogP contribution in [0.5, 0.6) is 11.5 Å². The van der Waals surface area contributed by atoms with Crippen molar-refractivity contribution in [2.24, 2.45) is 4.99 Å². The summed E-state index contributed by atoms with van der Waals surface area (Å²) in [6.07, 6.45) is 6.61. The van der Waals surface area contributed by atoms with E-state index in [1.165, 1.54) is 12.8 Å². The molecular formula is C26H32N4O3. The van der Waals surface area contributed by atoms with Crippen molar-refractivity contribution in [2.75, 3.05) is 37.4 Å². The van der Waals surface area contributed by atoms with Crippen molar-refractivity contribution >= 4 is 23.1 Å². The summed E-state index contributed by atoms with van der Waals surface area (Å²) in [5.41, 5.74) is 1.71. The molecule has 2 aromatic rings. The summed E-state index contributed by atoms with van der Waals surface area (Å²) in [5, 5.41) is 7.38. The molecule has 174 valence electrons. The third kappa shape index (κ3) is 4.63. The summed E-state index contributed by atoms with van der Waals surface area (Å²) < 4.78 is 11.0. The summed E-state index contributed by atoms with van der Waals surface area (Å²) in [6, 6.07) is 15.9. The molecule has 7 heteroatoms. The van der Waals surface area contributed by atoms with Gasteiger partial charge in [-0.15, -0.1) is 0 Å². The van der Waals surface area contributed by atoms with Crippen LogP contribution in [-0.4, -0.2) is 55.0 Å². The minimum Gasteiger partial charge on any atom is -0.497 e. The third-order valence-electron chi connectivity index (χ3n) is 6.91. The lowest BCUT2D eigenvalue weighted by molar-refractivity contribution is -0.134. The van der Waals surface area contributed by atoms with Gasteiger partial charge in [-0.2, -0.15) is 0 Å². The zero-order chi connectivity index (χ0) is 22.7. The Labute approximate surface area is 195 Å². The predicted octanol–water partition coefficient (Wildman–Crippen LogP) is 4.31. The van der Waals surface area contributed by atoms with Crippen LogP contribution in [0.2, 0.25) is 0 Å². The number of ether oxygens (including phenoxy) is 2. The SMILES string of the molecule is COc1ccc(OCC(=O)N2CCC[C@]3(C2)Nc2ccccc2NC3=NC2CCCC2)cc1. The Morgan fingerprint density at radius 3 is 2.55 bits per heavy atom. The van der Waals surface area contributed by atoms with E-state index in [0.717, 1.165) is 55.2 Å². The van der Waals surface area contributed by atoms with Gasteiger partial charge in [0.25, 0.3) is 5.91 Å². The number of amidine groups is 1. The lowest BCUT2D eigenvalue weighted by atomic mass is 9.85. The topological polar surface area (TPSA) is 75.2 Å². The van der Waals surface area contributed by atoms with Crippen LogP contribution in [0.25, 0.3) is 0 Å². The molecule has 1 spiro atoms. The molecule has 2 heterocycles. The number of benzene rings is 2. The standard InChI is InChI=1S/C26H32N4O3/c1-32-20-11-13-21(14-12-20)33-17-24(31)30-16-6-15-26(18-30)25(27-19-7-2-3-8-19)28-22-9-4-5-10-23(22)29-26/h4-5,9-14,19,29H,2-3,6-8,15-18H2,1H3,(H,27,28)/t26-/m1/s1. The first-order chi connectivity index (χ1) is 16.1. The number of methoxy groups -OCH3 is 1. The molecule has 5 rings (SSSR count). The van der Waals surface area contributed by atoms with Crippen LogP contribution < -0.4 is 20.1 Å². The Bertz CT molecular complexity index is 1020. The molecule has 1 saturated carbocycles. The fourth-order valence-corrected chi connectivity index (χ4v) is 5.11. The summed E-state index contributed by atoms with van der Waals surface area (Å²) in [4.78, 5) is 20.2. The number of piperidine rings is 1. The van der Waals surface area contributed by atoms with Crippen LogP contribution in [-0.2, 0) is 4.79 Å². The van der Waals surface area contributed by atoms with Crippen LogP contribution in [0.3, 0.4) is 0 Å². The van der Waals surface area contributed by atoms with Gasteiger partial charge >= 0.3 is 0 Å². The molecule has 1 atom stereocenters. The maximum atomic E-state index is 13.1. The molecule has 33 heavy (non-hydrogen) atoms. The molecule has 1 aliphatic carbocycles. The van der Waals surface area contributed by atoms with Gasteiger partial charge in [-0.05, 0) is 62.1 Å². The van der Waals surface area contributed by atoms with Gasteiger partial charge in [0.1, 0.15) is 22.9 Å². The molecule has 2 aromatic carbocycles. The highest BCUT2D eigenvalue weighted by Gasteiger charge is 2.45. The van der Waals surface area contributed by atoms with Crippen LogP contribution >= 0.6 is 0 Å². The highest BCUT2D eigenvalue weighted by molar-refractivity contribution is 6.10. The summed E-state index contributed by atoms with van der Waals surface area (Å²) in [5.74, 6) is 2.38. The second-order valence-electron chi connectivity index (χ2n) is 9.18. The lowest BCUT2D eigenvalue weighted by Gasteiger charge is -2.47. The van der Waals surface area contributed by atoms with Crippen molar-refractivity contribution in [3.8, 4) is 11.5 Å². The van der Waals surface area contributed by atoms with Gasteiger partial charge in [0, 0.05) is 6.54 Å². The van der Waals surface area contributed by atoms with E-state index in [-0.39, 0.29) is 12.5 Å². The normalized spacial score (nSPS) is 23.7. The number of rotatable bonds is 5. The first kappa shape index (κ1) is 21.6. The average Bonchev–Trinajstić information content (AvgIpc) is 3.37. The van der Waals surface area contributed by atoms with Crippen molar-refractivity contribution in [2.45, 2.75) is 50.1 Å². The zero-order valence-electron chi connectivity index (χ0n) is 19.2. The summed E-state index contributed by atoms with van der Waals surface area (Å²) in [6.45, 7) is 1.32. The number of amides is 1. The third-order valence-corrected chi connectivity index (χ3v) is 6.91. The number of carbonyl (C=O) groups excluding carboxylic acids is 1. The molecule has 0 aromatic heterocycles. The molecule has 0 radical (unpaired) electrons. The van der Waals surface area contributed by atoms with E-state index < -0.39 is 5.54 Å². The highest BCUT2D eigenvalue weighted by atomic mass is 16.5. The Hall–Kier alpha value is -3.22. The lowest BCUT2D eigenvalue weighted by Crippen LogP contribution is -2.63. The number of anilines is 2. The van der Waals surface area contributed by atoms with Crippen molar-refractivity contribution in [1.82, 2.24) is 4.90 Å². The van der Waals surface area contributed by atoms with Gasteiger partial charge in [-0.25, -0.2) is 0 Å². The van der Waals surface area contributed by atoms with E-state index in [1.807, 2.05) is 41.3 Å². The van der Waals surface area contributed by atoms with E-state index >= 15 is 0 Å². The minimum absolute atomic E-state index is 0.00855. The van der Waals surface area contributed by atoms with E-state index in [9.17, 15) is 4.79 Å². The van der Waals surface area contributed by atoms with E-state index in [1.54, 1.807) is 7.11 Å². The Morgan fingerprint density at radius 1 is 1.06 bits per heavy atom. The largest absolute Gasteiger partial charge is 0.497 e. The molecule has 1 saturated heterocycles. The van der Waals surface area contributed by atoms with E-state index in [0.29, 0.717) is 18.3 Å². The van der Waals surface area contributed by atoms with Crippen LogP contribution in [0.15, 0.2) is 53.5 Å².